The van der Waals surface area contributed by atoms with E-state index in [-0.39, 0.29) is 24.7 Å². The second-order valence-electron chi connectivity index (χ2n) is 8.26. The number of ether oxygens (including phenoxy) is 3. The first-order chi connectivity index (χ1) is 15.0. The fourth-order valence-corrected chi connectivity index (χ4v) is 3.74. The number of methoxy groups -OCH3 is 1. The molecule has 0 unspecified atom stereocenters. The van der Waals surface area contributed by atoms with Crippen molar-refractivity contribution in [2.75, 3.05) is 20.4 Å². The Morgan fingerprint density at radius 3 is 2.84 bits per heavy atom. The molecule has 31 heavy (non-hydrogen) atoms. The van der Waals surface area contributed by atoms with Crippen molar-refractivity contribution < 1.29 is 23.8 Å². The second-order valence-corrected chi connectivity index (χ2v) is 8.26. The molecule has 0 radical (unpaired) electrons. The van der Waals surface area contributed by atoms with Crippen molar-refractivity contribution in [3.63, 3.8) is 0 Å². The van der Waals surface area contributed by atoms with Crippen molar-refractivity contribution in [3.8, 4) is 17.2 Å². The van der Waals surface area contributed by atoms with Crippen LogP contribution in [0.5, 0.6) is 17.2 Å². The third kappa shape index (κ3) is 5.10. The van der Waals surface area contributed by atoms with Crippen molar-refractivity contribution in [2.24, 2.45) is 11.1 Å². The van der Waals surface area contributed by atoms with Crippen LogP contribution in [0.25, 0.3) is 0 Å². The molecule has 0 spiro atoms. The standard InChI is InChI=1S/C24H28N2O5/c1-16(2)9-24(27)26(13-17-5-4-6-19(10-17)28-3)14-20-12-21(25-31-20)18-7-8-22-23(11-18)30-15-29-22/h4-8,10-11,16,20H,9,12-15H2,1-3H3/t20-/m0/s1. The lowest BCUT2D eigenvalue weighted by atomic mass is 10.0. The summed E-state index contributed by atoms with van der Waals surface area (Å²) >= 11 is 0. The van der Waals surface area contributed by atoms with E-state index in [4.69, 9.17) is 19.0 Å². The van der Waals surface area contributed by atoms with E-state index in [2.05, 4.69) is 19.0 Å². The number of amides is 1. The minimum atomic E-state index is -0.192. The van der Waals surface area contributed by atoms with Gasteiger partial charge in [-0.1, -0.05) is 31.1 Å². The molecular weight excluding hydrogens is 396 g/mol. The van der Waals surface area contributed by atoms with E-state index in [1.165, 1.54) is 0 Å². The van der Waals surface area contributed by atoms with Gasteiger partial charge >= 0.3 is 0 Å². The zero-order chi connectivity index (χ0) is 21.8. The number of carbonyl (C=O) groups is 1. The fraction of sp³-hybridized carbons (Fsp3) is 0.417. The first kappa shape index (κ1) is 21.0. The lowest BCUT2D eigenvalue weighted by molar-refractivity contribution is -0.134. The number of rotatable bonds is 8. The molecule has 0 saturated carbocycles. The van der Waals surface area contributed by atoms with Gasteiger partial charge in [-0.3, -0.25) is 4.79 Å². The molecule has 4 rings (SSSR count). The zero-order valence-corrected chi connectivity index (χ0v) is 18.2. The maximum atomic E-state index is 13.0. The Morgan fingerprint density at radius 1 is 1.19 bits per heavy atom. The van der Waals surface area contributed by atoms with E-state index in [1.807, 2.05) is 47.4 Å². The van der Waals surface area contributed by atoms with Crippen LogP contribution in [-0.2, 0) is 16.2 Å². The molecule has 0 aliphatic carbocycles. The van der Waals surface area contributed by atoms with Gasteiger partial charge in [0.05, 0.1) is 19.4 Å². The number of benzene rings is 2. The summed E-state index contributed by atoms with van der Waals surface area (Å²) in [4.78, 5) is 20.5. The highest BCUT2D eigenvalue weighted by Gasteiger charge is 2.28. The lowest BCUT2D eigenvalue weighted by Crippen LogP contribution is -2.37. The Bertz CT molecular complexity index is 972. The van der Waals surface area contributed by atoms with E-state index >= 15 is 0 Å². The average molecular weight is 424 g/mol. The summed E-state index contributed by atoms with van der Waals surface area (Å²) in [6.45, 7) is 5.31. The van der Waals surface area contributed by atoms with Gasteiger partial charge in [-0.05, 0) is 41.8 Å². The second kappa shape index (κ2) is 9.29. The van der Waals surface area contributed by atoms with Crippen LogP contribution in [-0.4, -0.2) is 43.1 Å². The summed E-state index contributed by atoms with van der Waals surface area (Å²) in [6.07, 6.45) is 0.928. The van der Waals surface area contributed by atoms with Crippen LogP contribution in [0.3, 0.4) is 0 Å². The summed E-state index contributed by atoms with van der Waals surface area (Å²) in [5.74, 6) is 2.63. The highest BCUT2D eigenvalue weighted by atomic mass is 16.7. The van der Waals surface area contributed by atoms with Crippen LogP contribution in [0.1, 0.15) is 37.8 Å². The number of hydrogen-bond donors (Lipinski definition) is 0. The van der Waals surface area contributed by atoms with Crippen LogP contribution in [0.15, 0.2) is 47.6 Å². The quantitative estimate of drug-likeness (QED) is 0.641. The van der Waals surface area contributed by atoms with Gasteiger partial charge < -0.3 is 23.9 Å². The molecule has 1 atom stereocenters. The molecule has 2 aromatic rings. The predicted molar refractivity (Wildman–Crippen MR) is 116 cm³/mol. The van der Waals surface area contributed by atoms with Gasteiger partial charge in [0.25, 0.3) is 0 Å². The maximum absolute atomic E-state index is 13.0. The minimum absolute atomic E-state index is 0.109. The molecule has 2 aliphatic rings. The summed E-state index contributed by atoms with van der Waals surface area (Å²) in [5, 5.41) is 4.28. The fourth-order valence-electron chi connectivity index (χ4n) is 3.74. The van der Waals surface area contributed by atoms with Crippen molar-refractivity contribution in [1.29, 1.82) is 0 Å². The molecule has 164 valence electrons. The van der Waals surface area contributed by atoms with Gasteiger partial charge in [0, 0.05) is 24.9 Å². The smallest absolute Gasteiger partial charge is 0.231 e. The molecule has 7 heteroatoms. The molecule has 7 nitrogen and oxygen atoms in total. The molecule has 0 bridgehead atoms. The molecule has 2 aromatic carbocycles. The van der Waals surface area contributed by atoms with E-state index < -0.39 is 0 Å². The summed E-state index contributed by atoms with van der Waals surface area (Å²) < 4.78 is 16.2. The van der Waals surface area contributed by atoms with Gasteiger partial charge in [0.15, 0.2) is 17.6 Å². The van der Waals surface area contributed by atoms with Crippen LogP contribution in [0.4, 0.5) is 0 Å². The summed E-state index contributed by atoms with van der Waals surface area (Å²) in [5.41, 5.74) is 2.81. The first-order valence-electron chi connectivity index (χ1n) is 10.5. The third-order valence-corrected chi connectivity index (χ3v) is 5.31. The van der Waals surface area contributed by atoms with Crippen LogP contribution >= 0.6 is 0 Å². The monoisotopic (exact) mass is 424 g/mol. The van der Waals surface area contributed by atoms with E-state index in [0.717, 1.165) is 34.1 Å². The molecule has 0 N–H and O–H groups in total. The van der Waals surface area contributed by atoms with E-state index in [9.17, 15) is 4.79 Å². The largest absolute Gasteiger partial charge is 0.497 e. The highest BCUT2D eigenvalue weighted by molar-refractivity contribution is 6.01. The van der Waals surface area contributed by atoms with Gasteiger partial charge in [-0.2, -0.15) is 0 Å². The summed E-state index contributed by atoms with van der Waals surface area (Å²) in [7, 11) is 1.64. The van der Waals surface area contributed by atoms with E-state index in [0.29, 0.717) is 25.9 Å². The zero-order valence-electron chi connectivity index (χ0n) is 18.2. The molecule has 1 amide bonds. The van der Waals surface area contributed by atoms with Crippen LogP contribution < -0.4 is 14.2 Å². The normalized spacial score (nSPS) is 16.8. The number of hydrogen-bond acceptors (Lipinski definition) is 6. The molecule has 0 aromatic heterocycles. The van der Waals surface area contributed by atoms with Crippen molar-refractivity contribution >= 4 is 11.6 Å². The Kier molecular flexibility index (Phi) is 6.30. The number of oxime groups is 1. The Balaban J connectivity index is 1.43. The molecule has 2 aliphatic heterocycles. The lowest BCUT2D eigenvalue weighted by Gasteiger charge is -2.26. The highest BCUT2D eigenvalue weighted by Crippen LogP contribution is 2.33. The number of fused-ring (bicyclic) bond motifs is 1. The molecule has 0 fully saturated rings. The minimum Gasteiger partial charge on any atom is -0.497 e. The van der Waals surface area contributed by atoms with Crippen LogP contribution in [0, 0.1) is 5.92 Å². The maximum Gasteiger partial charge on any atom is 0.231 e. The SMILES string of the molecule is COc1cccc(CN(C[C@@H]2CC(c3ccc4c(c3)OCO4)=NO2)C(=O)CC(C)C)c1. The molecule has 2 heterocycles. The van der Waals surface area contributed by atoms with Gasteiger partial charge in [-0.25, -0.2) is 0 Å². The first-order valence-corrected chi connectivity index (χ1v) is 10.5. The topological polar surface area (TPSA) is 69.6 Å². The van der Waals surface area contributed by atoms with Crippen LogP contribution in [0.2, 0.25) is 0 Å². The number of carbonyl (C=O) groups excluding carboxylic acids is 1. The Labute approximate surface area is 182 Å². The molecule has 0 saturated heterocycles. The van der Waals surface area contributed by atoms with Crippen molar-refractivity contribution in [1.82, 2.24) is 4.90 Å². The van der Waals surface area contributed by atoms with Crippen molar-refractivity contribution in [3.05, 3.63) is 53.6 Å². The Hall–Kier alpha value is -3.22. The number of nitrogens with zero attached hydrogens (tertiary/aromatic N) is 2. The molecular formula is C24H28N2O5. The van der Waals surface area contributed by atoms with Gasteiger partial charge in [-0.15, -0.1) is 0 Å². The summed E-state index contributed by atoms with van der Waals surface area (Å²) in [6, 6.07) is 13.6. The van der Waals surface area contributed by atoms with E-state index in [1.54, 1.807) is 7.11 Å². The Morgan fingerprint density at radius 2 is 2.03 bits per heavy atom. The van der Waals surface area contributed by atoms with Crippen molar-refractivity contribution in [2.45, 2.75) is 39.3 Å². The average Bonchev–Trinajstić information content (AvgIpc) is 3.41. The van der Waals surface area contributed by atoms with Gasteiger partial charge in [0.2, 0.25) is 12.7 Å². The third-order valence-electron chi connectivity index (χ3n) is 5.31. The van der Waals surface area contributed by atoms with Gasteiger partial charge in [0.1, 0.15) is 5.75 Å². The predicted octanol–water partition coefficient (Wildman–Crippen LogP) is 3.99.